The monoisotopic (exact) mass is 321 g/mol. The molecule has 1 fully saturated rings. The highest BCUT2D eigenvalue weighted by Crippen LogP contribution is 2.39. The van der Waals surface area contributed by atoms with E-state index in [0.717, 1.165) is 38.4 Å². The molecule has 0 radical (unpaired) electrons. The number of alkyl halides is 3. The van der Waals surface area contributed by atoms with Gasteiger partial charge in [0.1, 0.15) is 11.9 Å². The molecule has 0 spiro atoms. The molecule has 1 aromatic rings. The molecule has 2 rings (SSSR count). The largest absolute Gasteiger partial charge is 0.489 e. The average molecular weight is 322 g/mol. The first-order valence-electron chi connectivity index (χ1n) is 7.16. The smallest absolute Gasteiger partial charge is 0.420 e. The summed E-state index contributed by atoms with van der Waals surface area (Å²) in [7, 11) is 0. The third-order valence-corrected chi connectivity index (χ3v) is 3.96. The van der Waals surface area contributed by atoms with E-state index in [-0.39, 0.29) is 22.8 Å². The number of hydrogen-bond acceptors (Lipinski definition) is 2. The summed E-state index contributed by atoms with van der Waals surface area (Å²) in [5.41, 5.74) is -0.804. The van der Waals surface area contributed by atoms with Gasteiger partial charge in [0.05, 0.1) is 5.56 Å². The van der Waals surface area contributed by atoms with Crippen LogP contribution in [0.25, 0.3) is 0 Å². The van der Waals surface area contributed by atoms with Gasteiger partial charge in [-0.25, -0.2) is 0 Å². The van der Waals surface area contributed by atoms with Gasteiger partial charge in [0.25, 0.3) is 0 Å². The molecule has 0 aliphatic carbocycles. The molecule has 6 heteroatoms. The molecular formula is C15H19ClF3NO. The summed E-state index contributed by atoms with van der Waals surface area (Å²) >= 11 is 5.68. The van der Waals surface area contributed by atoms with Crippen molar-refractivity contribution in [2.75, 3.05) is 13.1 Å². The lowest BCUT2D eigenvalue weighted by Crippen LogP contribution is -2.29. The molecule has 1 heterocycles. The van der Waals surface area contributed by atoms with Crippen LogP contribution in [0.2, 0.25) is 5.02 Å². The van der Waals surface area contributed by atoms with Crippen LogP contribution in [-0.2, 0) is 6.18 Å². The number of rotatable bonds is 5. The van der Waals surface area contributed by atoms with E-state index in [1.807, 2.05) is 6.92 Å². The van der Waals surface area contributed by atoms with Crippen molar-refractivity contribution in [2.24, 2.45) is 5.92 Å². The maximum Gasteiger partial charge on any atom is 0.420 e. The van der Waals surface area contributed by atoms with Crippen LogP contribution in [0.5, 0.6) is 5.75 Å². The molecule has 0 saturated carbocycles. The minimum atomic E-state index is -4.47. The molecular weight excluding hydrogens is 303 g/mol. The Kier molecular flexibility index (Phi) is 5.38. The Bertz CT molecular complexity index is 472. The van der Waals surface area contributed by atoms with E-state index in [4.69, 9.17) is 16.3 Å². The van der Waals surface area contributed by atoms with Crippen LogP contribution >= 0.6 is 11.6 Å². The second-order valence-electron chi connectivity index (χ2n) is 5.34. The Morgan fingerprint density at radius 1 is 1.43 bits per heavy atom. The number of benzene rings is 1. The normalized spacial score (nSPS) is 20.5. The molecule has 0 bridgehead atoms. The van der Waals surface area contributed by atoms with Crippen LogP contribution in [0.3, 0.4) is 0 Å². The summed E-state index contributed by atoms with van der Waals surface area (Å²) in [6.45, 7) is 3.69. The predicted octanol–water partition coefficient (Wildman–Crippen LogP) is 4.52. The molecule has 1 aliphatic rings. The summed E-state index contributed by atoms with van der Waals surface area (Å²) < 4.78 is 45.0. The van der Waals surface area contributed by atoms with Crippen molar-refractivity contribution in [2.45, 2.75) is 38.5 Å². The van der Waals surface area contributed by atoms with Gasteiger partial charge in [0.2, 0.25) is 0 Å². The quantitative estimate of drug-likeness (QED) is 0.861. The van der Waals surface area contributed by atoms with Crippen LogP contribution in [-0.4, -0.2) is 19.2 Å². The maximum atomic E-state index is 13.1. The number of halogens is 4. The van der Waals surface area contributed by atoms with E-state index in [1.54, 1.807) is 0 Å². The van der Waals surface area contributed by atoms with Gasteiger partial charge >= 0.3 is 6.18 Å². The zero-order valence-electron chi connectivity index (χ0n) is 11.8. The summed E-state index contributed by atoms with van der Waals surface area (Å²) in [4.78, 5) is 0. The molecule has 2 atom stereocenters. The minimum absolute atomic E-state index is 0.0595. The van der Waals surface area contributed by atoms with Gasteiger partial charge in [0, 0.05) is 17.5 Å². The number of ether oxygens (including phenoxy) is 1. The van der Waals surface area contributed by atoms with E-state index in [1.165, 1.54) is 12.1 Å². The standard InChI is InChI=1S/C15H19ClF3NO/c1-2-3-13(10-6-7-20-9-10)21-14-5-4-11(16)8-12(14)15(17,18)19/h4-5,8,10,13,20H,2-3,6-7,9H2,1H3/t10-,13-/m0/s1. The van der Waals surface area contributed by atoms with Crippen molar-refractivity contribution >= 4 is 11.6 Å². The topological polar surface area (TPSA) is 21.3 Å². The van der Waals surface area contributed by atoms with Gasteiger partial charge in [0.15, 0.2) is 0 Å². The third-order valence-electron chi connectivity index (χ3n) is 3.72. The highest BCUT2D eigenvalue weighted by Gasteiger charge is 2.36. The first kappa shape index (κ1) is 16.4. The zero-order chi connectivity index (χ0) is 15.5. The van der Waals surface area contributed by atoms with E-state index < -0.39 is 11.7 Å². The highest BCUT2D eigenvalue weighted by molar-refractivity contribution is 6.30. The van der Waals surface area contributed by atoms with Crippen molar-refractivity contribution in [1.29, 1.82) is 0 Å². The van der Waals surface area contributed by atoms with Crippen molar-refractivity contribution < 1.29 is 17.9 Å². The molecule has 1 aromatic carbocycles. The molecule has 0 amide bonds. The summed E-state index contributed by atoms with van der Waals surface area (Å²) in [6, 6.07) is 3.67. The Morgan fingerprint density at radius 2 is 2.19 bits per heavy atom. The van der Waals surface area contributed by atoms with Gasteiger partial charge in [-0.2, -0.15) is 13.2 Å². The molecule has 118 valence electrons. The fourth-order valence-electron chi connectivity index (χ4n) is 2.66. The third kappa shape index (κ3) is 4.27. The van der Waals surface area contributed by atoms with Crippen molar-refractivity contribution in [3.8, 4) is 5.75 Å². The van der Waals surface area contributed by atoms with E-state index >= 15 is 0 Å². The van der Waals surface area contributed by atoms with Crippen LogP contribution in [0.1, 0.15) is 31.7 Å². The Balaban J connectivity index is 2.23. The molecule has 0 aromatic heterocycles. The molecule has 0 unspecified atom stereocenters. The van der Waals surface area contributed by atoms with E-state index in [2.05, 4.69) is 5.32 Å². The lowest BCUT2D eigenvalue weighted by atomic mass is 9.97. The second kappa shape index (κ2) is 6.88. The van der Waals surface area contributed by atoms with E-state index in [9.17, 15) is 13.2 Å². The molecule has 2 nitrogen and oxygen atoms in total. The molecule has 1 aliphatic heterocycles. The Morgan fingerprint density at radius 3 is 2.76 bits per heavy atom. The molecule has 1 N–H and O–H groups in total. The van der Waals surface area contributed by atoms with Crippen molar-refractivity contribution in [3.63, 3.8) is 0 Å². The van der Waals surface area contributed by atoms with Crippen LogP contribution < -0.4 is 10.1 Å². The lowest BCUT2D eigenvalue weighted by Gasteiger charge is -2.26. The van der Waals surface area contributed by atoms with Crippen LogP contribution in [0.4, 0.5) is 13.2 Å². The predicted molar refractivity (Wildman–Crippen MR) is 76.8 cm³/mol. The number of nitrogens with one attached hydrogen (secondary N) is 1. The Hall–Kier alpha value is -0.940. The first-order valence-corrected chi connectivity index (χ1v) is 7.53. The maximum absolute atomic E-state index is 13.1. The average Bonchev–Trinajstić information content (AvgIpc) is 2.93. The first-order chi connectivity index (χ1) is 9.91. The zero-order valence-corrected chi connectivity index (χ0v) is 12.6. The van der Waals surface area contributed by atoms with E-state index in [0.29, 0.717) is 0 Å². The Labute approximate surface area is 127 Å². The summed E-state index contributed by atoms with van der Waals surface area (Å²) in [5.74, 6) is 0.124. The summed E-state index contributed by atoms with van der Waals surface area (Å²) in [5, 5.41) is 3.29. The number of hydrogen-bond donors (Lipinski definition) is 1. The van der Waals surface area contributed by atoms with Crippen LogP contribution in [0.15, 0.2) is 18.2 Å². The molecule has 1 saturated heterocycles. The van der Waals surface area contributed by atoms with Gasteiger partial charge in [-0.15, -0.1) is 0 Å². The SMILES string of the molecule is CCC[C@H](Oc1ccc(Cl)cc1C(F)(F)F)[C@H]1CCNC1. The fraction of sp³-hybridized carbons (Fsp3) is 0.600. The van der Waals surface area contributed by atoms with Gasteiger partial charge < -0.3 is 10.1 Å². The molecule has 21 heavy (non-hydrogen) atoms. The van der Waals surface area contributed by atoms with Gasteiger partial charge in [-0.1, -0.05) is 24.9 Å². The van der Waals surface area contributed by atoms with Gasteiger partial charge in [-0.05, 0) is 37.6 Å². The van der Waals surface area contributed by atoms with Crippen LogP contribution in [0, 0.1) is 5.92 Å². The van der Waals surface area contributed by atoms with Gasteiger partial charge in [-0.3, -0.25) is 0 Å². The highest BCUT2D eigenvalue weighted by atomic mass is 35.5. The second-order valence-corrected chi connectivity index (χ2v) is 5.77. The fourth-order valence-corrected chi connectivity index (χ4v) is 2.83. The minimum Gasteiger partial charge on any atom is -0.489 e. The van der Waals surface area contributed by atoms with Crippen molar-refractivity contribution in [3.05, 3.63) is 28.8 Å². The van der Waals surface area contributed by atoms with Crippen molar-refractivity contribution in [1.82, 2.24) is 5.32 Å². The lowest BCUT2D eigenvalue weighted by molar-refractivity contribution is -0.139. The summed E-state index contributed by atoms with van der Waals surface area (Å²) in [6.07, 6.45) is -2.13.